The summed E-state index contributed by atoms with van der Waals surface area (Å²) >= 11 is 0. The third-order valence-corrected chi connectivity index (χ3v) is 6.00. The molecule has 1 aliphatic rings. The number of hydrogen-bond acceptors (Lipinski definition) is 7. The van der Waals surface area contributed by atoms with Gasteiger partial charge in [-0.25, -0.2) is 24.0 Å². The van der Waals surface area contributed by atoms with E-state index in [4.69, 9.17) is 4.74 Å². The molecule has 1 aromatic carbocycles. The Labute approximate surface area is 198 Å². The first-order chi connectivity index (χ1) is 16.5. The highest BCUT2D eigenvalue weighted by Gasteiger charge is 2.24. The molecule has 10 heteroatoms. The van der Waals surface area contributed by atoms with Crippen molar-refractivity contribution in [2.75, 3.05) is 38.2 Å². The summed E-state index contributed by atoms with van der Waals surface area (Å²) in [6, 6.07) is 6.64. The molecule has 0 N–H and O–H groups in total. The van der Waals surface area contributed by atoms with Crippen molar-refractivity contribution < 1.29 is 13.9 Å². The zero-order valence-corrected chi connectivity index (χ0v) is 19.9. The summed E-state index contributed by atoms with van der Waals surface area (Å²) < 4.78 is 20.6. The van der Waals surface area contributed by atoms with E-state index in [1.807, 2.05) is 4.90 Å². The van der Waals surface area contributed by atoms with Crippen molar-refractivity contribution in [2.24, 2.45) is 0 Å². The molecule has 1 saturated heterocycles. The molecule has 0 radical (unpaired) electrons. The SMILES string of the molecule is CCCCc1nc(-c2ccc(F)c(C)c2)nn1CC(=O)N1CCN(c2cc(OC)ncn2)CC1. The van der Waals surface area contributed by atoms with E-state index in [-0.39, 0.29) is 18.3 Å². The van der Waals surface area contributed by atoms with Gasteiger partial charge in [0.1, 0.15) is 30.3 Å². The number of nitrogens with zero attached hydrogens (tertiary/aromatic N) is 7. The molecule has 4 rings (SSSR count). The molecular formula is C24H30FN7O2. The van der Waals surface area contributed by atoms with Gasteiger partial charge in [-0.2, -0.15) is 5.10 Å². The Morgan fingerprint density at radius 3 is 2.65 bits per heavy atom. The van der Waals surface area contributed by atoms with E-state index in [2.05, 4.69) is 31.9 Å². The van der Waals surface area contributed by atoms with E-state index >= 15 is 0 Å². The van der Waals surface area contributed by atoms with Crippen LogP contribution in [0.3, 0.4) is 0 Å². The number of halogens is 1. The summed E-state index contributed by atoms with van der Waals surface area (Å²) in [4.78, 5) is 30.1. The Bertz CT molecular complexity index is 1140. The smallest absolute Gasteiger partial charge is 0.244 e. The van der Waals surface area contributed by atoms with Crippen LogP contribution in [0.2, 0.25) is 0 Å². The molecule has 0 saturated carbocycles. The first kappa shape index (κ1) is 23.6. The third-order valence-electron chi connectivity index (χ3n) is 6.00. The summed E-state index contributed by atoms with van der Waals surface area (Å²) in [7, 11) is 1.57. The van der Waals surface area contributed by atoms with Crippen molar-refractivity contribution in [3.63, 3.8) is 0 Å². The van der Waals surface area contributed by atoms with Crippen LogP contribution in [-0.2, 0) is 17.8 Å². The van der Waals surface area contributed by atoms with Crippen LogP contribution in [0.4, 0.5) is 10.2 Å². The molecule has 1 fully saturated rings. The molecule has 3 aromatic rings. The Kier molecular flexibility index (Phi) is 7.34. The lowest BCUT2D eigenvalue weighted by Gasteiger charge is -2.35. The van der Waals surface area contributed by atoms with E-state index in [1.165, 1.54) is 12.4 Å². The Morgan fingerprint density at radius 1 is 1.15 bits per heavy atom. The normalized spacial score (nSPS) is 13.9. The molecule has 2 aromatic heterocycles. The first-order valence-corrected chi connectivity index (χ1v) is 11.6. The second-order valence-corrected chi connectivity index (χ2v) is 8.36. The predicted molar refractivity (Wildman–Crippen MR) is 126 cm³/mol. The minimum absolute atomic E-state index is 0.00408. The highest BCUT2D eigenvalue weighted by atomic mass is 19.1. The fourth-order valence-electron chi connectivity index (χ4n) is 3.95. The maximum atomic E-state index is 13.7. The van der Waals surface area contributed by atoms with Crippen LogP contribution in [0.15, 0.2) is 30.6 Å². The number of ether oxygens (including phenoxy) is 1. The van der Waals surface area contributed by atoms with Gasteiger partial charge >= 0.3 is 0 Å². The molecule has 0 aliphatic carbocycles. The lowest BCUT2D eigenvalue weighted by molar-refractivity contribution is -0.132. The van der Waals surface area contributed by atoms with Gasteiger partial charge in [0, 0.05) is 44.2 Å². The van der Waals surface area contributed by atoms with Crippen molar-refractivity contribution in [1.29, 1.82) is 0 Å². The Hall–Kier alpha value is -3.56. The van der Waals surface area contributed by atoms with Gasteiger partial charge in [0.25, 0.3) is 0 Å². The molecule has 0 atom stereocenters. The number of aryl methyl sites for hydroxylation is 2. The number of benzene rings is 1. The second kappa shape index (κ2) is 10.6. The minimum Gasteiger partial charge on any atom is -0.481 e. The zero-order valence-electron chi connectivity index (χ0n) is 19.9. The van der Waals surface area contributed by atoms with E-state index < -0.39 is 0 Å². The van der Waals surface area contributed by atoms with Gasteiger partial charge in [-0.1, -0.05) is 13.3 Å². The average molecular weight is 468 g/mol. The fourth-order valence-corrected chi connectivity index (χ4v) is 3.95. The lowest BCUT2D eigenvalue weighted by Crippen LogP contribution is -2.50. The van der Waals surface area contributed by atoms with E-state index in [0.29, 0.717) is 43.4 Å². The third kappa shape index (κ3) is 5.32. The number of aromatic nitrogens is 5. The van der Waals surface area contributed by atoms with Crippen LogP contribution in [-0.4, -0.2) is 68.8 Å². The van der Waals surface area contributed by atoms with Crippen molar-refractivity contribution >= 4 is 11.7 Å². The highest BCUT2D eigenvalue weighted by Crippen LogP contribution is 2.21. The first-order valence-electron chi connectivity index (χ1n) is 11.6. The number of piperazine rings is 1. The number of unbranched alkanes of at least 4 members (excludes halogenated alkanes) is 1. The summed E-state index contributed by atoms with van der Waals surface area (Å²) in [5.41, 5.74) is 1.29. The van der Waals surface area contributed by atoms with Crippen LogP contribution in [0.5, 0.6) is 5.88 Å². The Morgan fingerprint density at radius 2 is 1.94 bits per heavy atom. The maximum Gasteiger partial charge on any atom is 0.244 e. The van der Waals surface area contributed by atoms with Crippen molar-refractivity contribution in [2.45, 2.75) is 39.7 Å². The molecule has 9 nitrogen and oxygen atoms in total. The quantitative estimate of drug-likeness (QED) is 0.503. The van der Waals surface area contributed by atoms with Crippen LogP contribution in [0.1, 0.15) is 31.2 Å². The standard InChI is InChI=1S/C24H30FN7O2/c1-4-5-6-20-28-24(18-7-8-19(25)17(2)13-18)29-32(20)15-23(33)31-11-9-30(10-12-31)21-14-22(34-3)27-16-26-21/h7-8,13-14,16H,4-6,9-12,15H2,1-3H3. The number of methoxy groups -OCH3 is 1. The molecular weight excluding hydrogens is 437 g/mol. The van der Waals surface area contributed by atoms with Gasteiger partial charge in [0.05, 0.1) is 7.11 Å². The van der Waals surface area contributed by atoms with Gasteiger partial charge in [-0.05, 0) is 37.1 Å². The van der Waals surface area contributed by atoms with Crippen LogP contribution in [0.25, 0.3) is 11.4 Å². The summed E-state index contributed by atoms with van der Waals surface area (Å²) in [6.07, 6.45) is 4.19. The molecule has 180 valence electrons. The molecule has 1 aliphatic heterocycles. The maximum absolute atomic E-state index is 13.7. The Balaban J connectivity index is 1.44. The van der Waals surface area contributed by atoms with Gasteiger partial charge in [-0.15, -0.1) is 0 Å². The molecule has 3 heterocycles. The molecule has 0 spiro atoms. The van der Waals surface area contributed by atoms with Gasteiger partial charge < -0.3 is 14.5 Å². The number of anilines is 1. The number of carbonyl (C=O) groups is 1. The number of hydrogen-bond donors (Lipinski definition) is 0. The zero-order chi connectivity index (χ0) is 24.1. The molecule has 0 unspecified atom stereocenters. The average Bonchev–Trinajstić information content (AvgIpc) is 3.26. The topological polar surface area (TPSA) is 89.3 Å². The molecule has 1 amide bonds. The van der Waals surface area contributed by atoms with E-state index in [1.54, 1.807) is 36.9 Å². The number of carbonyl (C=O) groups excluding carboxylic acids is 1. The summed E-state index contributed by atoms with van der Waals surface area (Å²) in [5.74, 6) is 2.34. The lowest BCUT2D eigenvalue weighted by atomic mass is 10.1. The van der Waals surface area contributed by atoms with Gasteiger partial charge in [0.15, 0.2) is 5.82 Å². The minimum atomic E-state index is -0.260. The van der Waals surface area contributed by atoms with Crippen LogP contribution < -0.4 is 9.64 Å². The monoisotopic (exact) mass is 467 g/mol. The second-order valence-electron chi connectivity index (χ2n) is 8.36. The fraction of sp³-hybridized carbons (Fsp3) is 0.458. The van der Waals surface area contributed by atoms with Crippen LogP contribution >= 0.6 is 0 Å². The van der Waals surface area contributed by atoms with Gasteiger partial charge in [-0.3, -0.25) is 4.79 Å². The largest absolute Gasteiger partial charge is 0.481 e. The van der Waals surface area contributed by atoms with E-state index in [0.717, 1.165) is 36.5 Å². The van der Waals surface area contributed by atoms with Gasteiger partial charge in [0.2, 0.25) is 11.8 Å². The summed E-state index contributed by atoms with van der Waals surface area (Å²) in [5, 5.41) is 4.61. The number of rotatable bonds is 8. The van der Waals surface area contributed by atoms with Crippen molar-refractivity contribution in [1.82, 2.24) is 29.6 Å². The summed E-state index contributed by atoms with van der Waals surface area (Å²) in [6.45, 7) is 6.49. The van der Waals surface area contributed by atoms with Crippen molar-refractivity contribution in [3.05, 3.63) is 47.8 Å². The van der Waals surface area contributed by atoms with Crippen molar-refractivity contribution in [3.8, 4) is 17.3 Å². The molecule has 34 heavy (non-hydrogen) atoms. The predicted octanol–water partition coefficient (Wildman–Crippen LogP) is 2.88. The van der Waals surface area contributed by atoms with Crippen LogP contribution in [0, 0.1) is 12.7 Å². The molecule has 0 bridgehead atoms. The highest BCUT2D eigenvalue weighted by molar-refractivity contribution is 5.76. The van der Waals surface area contributed by atoms with E-state index in [9.17, 15) is 9.18 Å². The number of amides is 1.